The molecule has 0 saturated carbocycles. The van der Waals surface area contributed by atoms with Crippen molar-refractivity contribution < 1.29 is 14.3 Å². The van der Waals surface area contributed by atoms with Crippen LogP contribution in [0.4, 0.5) is 0 Å². The van der Waals surface area contributed by atoms with Gasteiger partial charge in [0.05, 0.1) is 5.92 Å². The maximum atomic E-state index is 12.5. The number of ether oxygens (including phenoxy) is 1. The van der Waals surface area contributed by atoms with Gasteiger partial charge in [0, 0.05) is 9.13 Å². The summed E-state index contributed by atoms with van der Waals surface area (Å²) in [5.74, 6) is -0.702. The molecule has 19 heavy (non-hydrogen) atoms. The van der Waals surface area contributed by atoms with Gasteiger partial charge in [0.25, 0.3) is 0 Å². The topological polar surface area (TPSA) is 43.4 Å². The minimum absolute atomic E-state index is 0.0177. The lowest BCUT2D eigenvalue weighted by molar-refractivity contribution is -0.179. The van der Waals surface area contributed by atoms with Crippen LogP contribution in [0.15, 0.2) is 24.3 Å². The third kappa shape index (κ3) is 2.42. The van der Waals surface area contributed by atoms with Crippen molar-refractivity contribution in [3.8, 4) is 0 Å². The molecule has 2 atom stereocenters. The number of hydrogen-bond donors (Lipinski definition) is 0. The molecule has 0 bridgehead atoms. The minimum atomic E-state index is -1.03. The monoisotopic (exact) mass is 372 g/mol. The smallest absolute Gasteiger partial charge is 0.319 e. The van der Waals surface area contributed by atoms with Gasteiger partial charge in [-0.25, -0.2) is 0 Å². The molecule has 0 unspecified atom stereocenters. The lowest BCUT2D eigenvalue weighted by Crippen LogP contribution is -2.47. The van der Waals surface area contributed by atoms with Gasteiger partial charge in [-0.1, -0.05) is 25.1 Å². The number of Topliss-reactive ketones (excluding diaryl/α,β-unsaturated/α-hetero) is 1. The van der Waals surface area contributed by atoms with Gasteiger partial charge >= 0.3 is 5.97 Å². The maximum Gasteiger partial charge on any atom is 0.319 e. The van der Waals surface area contributed by atoms with Crippen LogP contribution >= 0.6 is 22.6 Å². The van der Waals surface area contributed by atoms with Gasteiger partial charge in [-0.3, -0.25) is 9.59 Å². The first kappa shape index (κ1) is 14.5. The van der Waals surface area contributed by atoms with Crippen molar-refractivity contribution >= 4 is 34.3 Å². The van der Waals surface area contributed by atoms with Crippen LogP contribution in [-0.4, -0.2) is 11.8 Å². The quantitative estimate of drug-likeness (QED) is 0.453. The summed E-state index contributed by atoms with van der Waals surface area (Å²) >= 11 is 2.21. The fourth-order valence-electron chi connectivity index (χ4n) is 2.43. The molecular formula is C15H17IO3. The number of hydrogen-bond acceptors (Lipinski definition) is 3. The van der Waals surface area contributed by atoms with Crippen LogP contribution in [0.25, 0.3) is 0 Å². The SMILES string of the molecule is CC[C@H]1C(=O)C(C)(C)C(=O)O[C@@H]1c1ccccc1I. The fourth-order valence-corrected chi connectivity index (χ4v) is 3.13. The van der Waals surface area contributed by atoms with Gasteiger partial charge in [0.2, 0.25) is 0 Å². The number of esters is 1. The molecule has 0 N–H and O–H groups in total. The van der Waals surface area contributed by atoms with Gasteiger partial charge in [-0.05, 0) is 48.9 Å². The van der Waals surface area contributed by atoms with Crippen LogP contribution < -0.4 is 0 Å². The van der Waals surface area contributed by atoms with Crippen molar-refractivity contribution in [2.24, 2.45) is 11.3 Å². The van der Waals surface area contributed by atoms with E-state index in [9.17, 15) is 9.59 Å². The van der Waals surface area contributed by atoms with Crippen LogP contribution in [0, 0.1) is 14.9 Å². The van der Waals surface area contributed by atoms with E-state index in [1.165, 1.54) is 0 Å². The molecule has 1 fully saturated rings. The van der Waals surface area contributed by atoms with Gasteiger partial charge in [0.1, 0.15) is 11.5 Å². The second-order valence-electron chi connectivity index (χ2n) is 5.35. The first-order valence-corrected chi connectivity index (χ1v) is 7.47. The van der Waals surface area contributed by atoms with Crippen molar-refractivity contribution in [3.63, 3.8) is 0 Å². The van der Waals surface area contributed by atoms with E-state index >= 15 is 0 Å². The third-order valence-corrected chi connectivity index (χ3v) is 4.70. The Hall–Kier alpha value is -0.910. The molecule has 4 heteroatoms. The Bertz CT molecular complexity index is 522. The lowest BCUT2D eigenvalue weighted by atomic mass is 9.74. The number of cyclic esters (lactones) is 1. The van der Waals surface area contributed by atoms with Gasteiger partial charge in [-0.2, -0.15) is 0 Å². The van der Waals surface area contributed by atoms with Crippen LogP contribution in [0.5, 0.6) is 0 Å². The van der Waals surface area contributed by atoms with E-state index in [0.29, 0.717) is 6.42 Å². The number of rotatable bonds is 2. The fraction of sp³-hybridized carbons (Fsp3) is 0.467. The molecule has 0 aromatic heterocycles. The van der Waals surface area contributed by atoms with Crippen molar-refractivity contribution in [2.75, 3.05) is 0 Å². The average molecular weight is 372 g/mol. The summed E-state index contributed by atoms with van der Waals surface area (Å²) in [4.78, 5) is 24.5. The van der Waals surface area contributed by atoms with E-state index in [2.05, 4.69) is 22.6 Å². The Balaban J connectivity index is 2.44. The second kappa shape index (κ2) is 5.23. The summed E-state index contributed by atoms with van der Waals surface area (Å²) < 4.78 is 6.60. The van der Waals surface area contributed by atoms with Gasteiger partial charge < -0.3 is 4.74 Å². The molecule has 1 heterocycles. The molecule has 0 spiro atoms. The van der Waals surface area contributed by atoms with E-state index < -0.39 is 17.5 Å². The van der Waals surface area contributed by atoms with Crippen molar-refractivity contribution in [3.05, 3.63) is 33.4 Å². The van der Waals surface area contributed by atoms with Crippen LogP contribution in [0.1, 0.15) is 38.9 Å². The summed E-state index contributed by atoms with van der Waals surface area (Å²) in [7, 11) is 0. The van der Waals surface area contributed by atoms with Crippen LogP contribution in [0.2, 0.25) is 0 Å². The van der Waals surface area contributed by atoms with Crippen molar-refractivity contribution in [1.82, 2.24) is 0 Å². The van der Waals surface area contributed by atoms with E-state index in [4.69, 9.17) is 4.74 Å². The highest BCUT2D eigenvalue weighted by Gasteiger charge is 2.50. The molecule has 2 rings (SSSR count). The number of carbonyl (C=O) groups excluding carboxylic acids is 2. The zero-order valence-corrected chi connectivity index (χ0v) is 13.4. The molecule has 1 aromatic carbocycles. The Morgan fingerprint density at radius 2 is 1.89 bits per heavy atom. The zero-order chi connectivity index (χ0) is 14.2. The Morgan fingerprint density at radius 3 is 2.47 bits per heavy atom. The summed E-state index contributed by atoms with van der Waals surface area (Å²) in [6.07, 6.45) is 0.219. The molecule has 1 saturated heterocycles. The summed E-state index contributed by atoms with van der Waals surface area (Å²) in [6.45, 7) is 5.25. The minimum Gasteiger partial charge on any atom is -0.456 e. The highest BCUT2D eigenvalue weighted by atomic mass is 127. The lowest BCUT2D eigenvalue weighted by Gasteiger charge is -2.38. The third-order valence-electron chi connectivity index (χ3n) is 3.71. The molecule has 1 aliphatic rings. The largest absolute Gasteiger partial charge is 0.456 e. The van der Waals surface area contributed by atoms with Gasteiger partial charge in [0.15, 0.2) is 5.78 Å². The highest BCUT2D eigenvalue weighted by molar-refractivity contribution is 14.1. The number of ketones is 1. The molecule has 0 radical (unpaired) electrons. The first-order valence-electron chi connectivity index (χ1n) is 6.39. The summed E-state index contributed by atoms with van der Waals surface area (Å²) in [5, 5.41) is 0. The van der Waals surface area contributed by atoms with Gasteiger partial charge in [-0.15, -0.1) is 0 Å². The number of benzene rings is 1. The molecule has 0 aliphatic carbocycles. The predicted octanol–water partition coefficient (Wildman–Crippen LogP) is 3.51. The van der Waals surface area contributed by atoms with Crippen molar-refractivity contribution in [1.29, 1.82) is 0 Å². The Morgan fingerprint density at radius 1 is 1.26 bits per heavy atom. The van der Waals surface area contributed by atoms with E-state index in [1.807, 2.05) is 31.2 Å². The molecule has 1 aliphatic heterocycles. The number of halogens is 1. The second-order valence-corrected chi connectivity index (χ2v) is 6.51. The van der Waals surface area contributed by atoms with E-state index in [0.717, 1.165) is 9.13 Å². The zero-order valence-electron chi connectivity index (χ0n) is 11.3. The first-order chi connectivity index (χ1) is 8.89. The van der Waals surface area contributed by atoms with E-state index in [-0.39, 0.29) is 11.7 Å². The van der Waals surface area contributed by atoms with Crippen molar-refractivity contribution in [2.45, 2.75) is 33.3 Å². The predicted molar refractivity (Wildman–Crippen MR) is 80.6 cm³/mol. The van der Waals surface area contributed by atoms with Crippen LogP contribution in [-0.2, 0) is 14.3 Å². The normalized spacial score (nSPS) is 26.1. The maximum absolute atomic E-state index is 12.5. The molecule has 102 valence electrons. The molecule has 1 aromatic rings. The number of carbonyl (C=O) groups is 2. The molecule has 0 amide bonds. The molecular weight excluding hydrogens is 355 g/mol. The standard InChI is InChI=1S/C15H17IO3/c1-4-9-12(10-7-5-6-8-11(10)16)19-14(18)15(2,3)13(9)17/h5-9,12H,4H2,1-3H3/t9-,12+/m1/s1. The average Bonchev–Trinajstić information content (AvgIpc) is 2.37. The molecule has 3 nitrogen and oxygen atoms in total. The summed E-state index contributed by atoms with van der Waals surface area (Å²) in [5.41, 5.74) is -0.107. The summed E-state index contributed by atoms with van der Waals surface area (Å²) in [6, 6.07) is 7.72. The Labute approximate surface area is 126 Å². The van der Waals surface area contributed by atoms with E-state index in [1.54, 1.807) is 13.8 Å². The van der Waals surface area contributed by atoms with Crippen LogP contribution in [0.3, 0.4) is 0 Å². The Kier molecular flexibility index (Phi) is 3.99. The highest BCUT2D eigenvalue weighted by Crippen LogP contribution is 2.42.